The number of aliphatic imine (C=N–C) groups is 1. The molecule has 6 nitrogen and oxygen atoms in total. The Morgan fingerprint density at radius 3 is 1.39 bits per heavy atom. The van der Waals surface area contributed by atoms with Crippen LogP contribution in [-0.2, 0) is 49.9 Å². The zero-order valence-electron chi connectivity index (χ0n) is 32.2. The quantitative estimate of drug-likeness (QED) is 0.273. The average Bonchev–Trinajstić information content (AvgIpc) is 2.80. The van der Waals surface area contributed by atoms with Crippen LogP contribution in [0, 0.1) is 0 Å². The Morgan fingerprint density at radius 1 is 0.652 bits per heavy atom. The first kappa shape index (κ1) is 46.4. The number of likely N-dealkylation sites (N-methyl/N-ethyl adjacent to an activating group) is 1. The second-order valence-electron chi connectivity index (χ2n) is 16.8. The van der Waals surface area contributed by atoms with E-state index >= 15 is 0 Å². The maximum absolute atomic E-state index is 13.3. The van der Waals surface area contributed by atoms with Gasteiger partial charge in [-0.05, 0) is 62.1 Å². The van der Waals surface area contributed by atoms with Crippen LogP contribution in [0.1, 0.15) is 144 Å². The molecular formula is C39H64N2O4Ti. The first-order chi connectivity index (χ1) is 20.1. The van der Waals surface area contributed by atoms with Gasteiger partial charge in [0.1, 0.15) is 0 Å². The van der Waals surface area contributed by atoms with Crippen LogP contribution in [0.3, 0.4) is 0 Å². The van der Waals surface area contributed by atoms with Gasteiger partial charge in [-0.15, -0.1) is 18.0 Å². The van der Waals surface area contributed by atoms with Crippen molar-refractivity contribution < 1.29 is 42.1 Å². The minimum atomic E-state index is -0.417. The van der Waals surface area contributed by atoms with E-state index in [-0.39, 0.29) is 54.9 Å². The van der Waals surface area contributed by atoms with E-state index in [1.165, 1.54) is 5.56 Å². The summed E-state index contributed by atoms with van der Waals surface area (Å²) in [5, 5.41) is 45.6. The molecule has 0 saturated carbocycles. The Balaban J connectivity index is 0. The zero-order chi connectivity index (χ0) is 35.7. The van der Waals surface area contributed by atoms with Crippen molar-refractivity contribution in [2.45, 2.75) is 151 Å². The fraction of sp³-hybridized carbons (Fsp3) is 0.667. The average molecular weight is 673 g/mol. The second-order valence-corrected chi connectivity index (χ2v) is 16.8. The van der Waals surface area contributed by atoms with Crippen molar-refractivity contribution in [1.82, 2.24) is 4.90 Å². The van der Waals surface area contributed by atoms with Crippen molar-refractivity contribution in [3.05, 3.63) is 57.6 Å². The topological polar surface area (TPSA) is 108 Å². The van der Waals surface area contributed by atoms with Crippen LogP contribution in [-0.4, -0.2) is 43.5 Å². The Labute approximate surface area is 297 Å². The van der Waals surface area contributed by atoms with Crippen molar-refractivity contribution in [3.8, 4) is 11.5 Å². The molecule has 2 aromatic rings. The van der Waals surface area contributed by atoms with Gasteiger partial charge in [0.2, 0.25) is 0 Å². The molecule has 7 heteroatoms. The van der Waals surface area contributed by atoms with Gasteiger partial charge in [0, 0.05) is 19.3 Å². The molecule has 0 spiro atoms. The molecule has 0 saturated heterocycles. The molecule has 0 unspecified atom stereocenters. The molecular weight excluding hydrogens is 608 g/mol. The maximum atomic E-state index is 13.3. The molecule has 0 aliphatic rings. The first-order valence-electron chi connectivity index (χ1n) is 16.3. The molecule has 0 atom stereocenters. The first-order valence-corrected chi connectivity index (χ1v) is 16.3. The van der Waals surface area contributed by atoms with Gasteiger partial charge < -0.3 is 25.3 Å². The van der Waals surface area contributed by atoms with Crippen LogP contribution in [0.4, 0.5) is 0 Å². The number of hydrogen-bond donors (Lipinski definition) is 0. The van der Waals surface area contributed by atoms with E-state index in [1.54, 1.807) is 33.9 Å². The largest absolute Gasteiger partial charge is 4.00 e. The van der Waals surface area contributed by atoms with E-state index in [9.17, 15) is 20.4 Å². The fourth-order valence-electron chi connectivity index (χ4n) is 4.30. The van der Waals surface area contributed by atoms with Crippen molar-refractivity contribution in [2.24, 2.45) is 4.99 Å². The molecule has 0 bridgehead atoms. The van der Waals surface area contributed by atoms with Crippen LogP contribution in [0.2, 0.25) is 0 Å². The summed E-state index contributed by atoms with van der Waals surface area (Å²) in [5.74, 6) is 0.197. The predicted molar refractivity (Wildman–Crippen MR) is 186 cm³/mol. The summed E-state index contributed by atoms with van der Waals surface area (Å²) < 4.78 is 0. The third kappa shape index (κ3) is 16.9. The minimum absolute atomic E-state index is 0. The predicted octanol–water partition coefficient (Wildman–Crippen LogP) is 6.08. The molecule has 0 fully saturated rings. The fourth-order valence-corrected chi connectivity index (χ4v) is 4.30. The molecule has 0 aliphatic carbocycles. The molecule has 0 heterocycles. The van der Waals surface area contributed by atoms with Crippen LogP contribution < -0.4 is 20.4 Å². The summed E-state index contributed by atoms with van der Waals surface area (Å²) in [6, 6.07) is 8.22. The smallest absolute Gasteiger partial charge is 0.872 e. The molecule has 0 N–H and O–H groups in total. The normalized spacial score (nSPS) is 12.6. The minimum Gasteiger partial charge on any atom is -0.872 e. The molecule has 46 heavy (non-hydrogen) atoms. The van der Waals surface area contributed by atoms with Crippen LogP contribution in [0.5, 0.6) is 11.5 Å². The molecule has 0 radical (unpaired) electrons. The molecule has 2 aromatic carbocycles. The maximum Gasteiger partial charge on any atom is 4.00 e. The Kier molecular flexibility index (Phi) is 18.9. The van der Waals surface area contributed by atoms with E-state index in [4.69, 9.17) is 0 Å². The van der Waals surface area contributed by atoms with E-state index < -0.39 is 12.2 Å². The molecule has 0 aromatic heterocycles. The van der Waals surface area contributed by atoms with Crippen molar-refractivity contribution in [3.63, 3.8) is 0 Å². The molecule has 2 rings (SSSR count). The van der Waals surface area contributed by atoms with Gasteiger partial charge in [-0.25, -0.2) is 0 Å². The van der Waals surface area contributed by atoms with Gasteiger partial charge in [0.25, 0.3) is 0 Å². The molecule has 0 amide bonds. The Hall–Kier alpha value is -1.70. The van der Waals surface area contributed by atoms with Crippen LogP contribution in [0.25, 0.3) is 0 Å². The molecule has 258 valence electrons. The summed E-state index contributed by atoms with van der Waals surface area (Å²) >= 11 is 0. The number of rotatable bonds is 6. The summed E-state index contributed by atoms with van der Waals surface area (Å²) in [7, 11) is 2.02. The van der Waals surface area contributed by atoms with Gasteiger partial charge >= 0.3 is 21.7 Å². The number of nitrogens with zero attached hydrogens (tertiary/aromatic N) is 2. The van der Waals surface area contributed by atoms with Crippen LogP contribution in [0.15, 0.2) is 29.3 Å². The van der Waals surface area contributed by atoms with Gasteiger partial charge in [-0.2, -0.15) is 0 Å². The summed E-state index contributed by atoms with van der Waals surface area (Å²) in [6.45, 7) is 33.9. The third-order valence-electron chi connectivity index (χ3n) is 6.91. The van der Waals surface area contributed by atoms with Gasteiger partial charge in [-0.3, -0.25) is 4.99 Å². The van der Waals surface area contributed by atoms with Gasteiger partial charge in [-0.1, -0.05) is 141 Å². The number of benzene rings is 2. The van der Waals surface area contributed by atoms with E-state index in [1.807, 2.05) is 13.1 Å². The van der Waals surface area contributed by atoms with E-state index in [2.05, 4.69) is 111 Å². The number of hydrogen-bond acceptors (Lipinski definition) is 6. The van der Waals surface area contributed by atoms with Gasteiger partial charge in [0.15, 0.2) is 0 Å². The zero-order valence-corrected chi connectivity index (χ0v) is 33.8. The summed E-state index contributed by atoms with van der Waals surface area (Å²) in [5.41, 5.74) is 4.99. The summed E-state index contributed by atoms with van der Waals surface area (Å²) in [6.07, 6.45) is 0.900. The van der Waals surface area contributed by atoms with Gasteiger partial charge in [0.05, 0.1) is 6.54 Å². The SMILES string of the molecule is CC(C)[O-].CC(C)[O-].CN(CCN=Cc1cc(C(C)(C)C)cc(C(C)(C)C)c1[O-])Cc1cc(C(C)(C)C)cc(C(C)(C)C)c1[O-].[Ti+4]. The monoisotopic (exact) mass is 672 g/mol. The molecule has 0 aliphatic heterocycles. The Morgan fingerprint density at radius 2 is 1.02 bits per heavy atom. The summed E-state index contributed by atoms with van der Waals surface area (Å²) in [4.78, 5) is 6.76. The van der Waals surface area contributed by atoms with E-state index in [0.717, 1.165) is 22.3 Å². The van der Waals surface area contributed by atoms with Crippen molar-refractivity contribution in [2.75, 3.05) is 20.1 Å². The second kappa shape index (κ2) is 18.7. The van der Waals surface area contributed by atoms with Crippen molar-refractivity contribution >= 4 is 6.21 Å². The Bertz CT molecular complexity index is 1210. The standard InChI is InChI=1S/C33H52N2O2.2C3H7O.Ti/c1-30(2,3)24-16-22(28(36)26(18-24)32(7,8)9)20-34-14-15-35(13)21-23-17-25(31(4,5)6)19-27(29(23)37)33(10,11)12;2*1-3(2)4;/h16-20,36-37H,14-15,21H2,1-13H3;2*3H,1-2H3;/q;2*-1;+4/p-2. The van der Waals surface area contributed by atoms with Crippen LogP contribution >= 0.6 is 0 Å². The van der Waals surface area contributed by atoms with Crippen molar-refractivity contribution in [1.29, 1.82) is 0 Å². The third-order valence-corrected chi connectivity index (χ3v) is 6.91. The van der Waals surface area contributed by atoms with E-state index in [0.29, 0.717) is 25.2 Å².